The number of Topliss-reactive ketones (excluding diaryl/α,β-unsaturated/α-hetero) is 1. The lowest BCUT2D eigenvalue weighted by molar-refractivity contribution is -0.133. The Labute approximate surface area is 196 Å². The third-order valence-electron chi connectivity index (χ3n) is 6.13. The number of hydrogen-bond donors (Lipinski definition) is 2. The Kier molecular flexibility index (Phi) is 5.64. The Balaban J connectivity index is 1.40. The molecule has 1 aliphatic carbocycles. The number of ether oxygens (including phenoxy) is 1. The van der Waals surface area contributed by atoms with E-state index in [2.05, 4.69) is 4.98 Å². The number of nitrogens with zero attached hydrogens (tertiary/aromatic N) is 2. The summed E-state index contributed by atoms with van der Waals surface area (Å²) >= 11 is 0. The largest absolute Gasteiger partial charge is 0.439 e. The lowest BCUT2D eigenvalue weighted by atomic mass is 9.94. The second-order valence-corrected chi connectivity index (χ2v) is 10.0. The summed E-state index contributed by atoms with van der Waals surface area (Å²) in [5.74, 6) is -0.0257. The van der Waals surface area contributed by atoms with E-state index in [0.29, 0.717) is 36.1 Å². The van der Waals surface area contributed by atoms with Crippen LogP contribution in [0.2, 0.25) is 0 Å². The van der Waals surface area contributed by atoms with Gasteiger partial charge in [-0.3, -0.25) is 14.8 Å². The molecule has 2 aromatic carbocycles. The minimum atomic E-state index is -4.11. The quantitative estimate of drug-likeness (QED) is 0.426. The second kappa shape index (κ2) is 8.64. The molecule has 1 aromatic heterocycles. The molecule has 1 unspecified atom stereocenters. The van der Waals surface area contributed by atoms with E-state index in [1.807, 2.05) is 12.1 Å². The minimum absolute atomic E-state index is 0.0729. The summed E-state index contributed by atoms with van der Waals surface area (Å²) < 4.78 is 33.6. The maximum Gasteiger partial charge on any atom is 0.266 e. The predicted octanol–water partition coefficient (Wildman–Crippen LogP) is 2.80. The Morgan fingerprint density at radius 1 is 1.06 bits per heavy atom. The molecule has 0 fully saturated rings. The smallest absolute Gasteiger partial charge is 0.266 e. The zero-order valence-corrected chi connectivity index (χ0v) is 18.8. The van der Waals surface area contributed by atoms with Crippen molar-refractivity contribution in [2.24, 2.45) is 0 Å². The summed E-state index contributed by atoms with van der Waals surface area (Å²) in [5.41, 5.74) is 4.57. The van der Waals surface area contributed by atoms with E-state index in [-0.39, 0.29) is 23.1 Å². The molecule has 2 N–H and O–H groups in total. The van der Waals surface area contributed by atoms with E-state index >= 15 is 0 Å². The number of rotatable bonds is 5. The first-order chi connectivity index (χ1) is 16.4. The molecule has 0 spiro atoms. The van der Waals surface area contributed by atoms with E-state index in [1.165, 1.54) is 18.3 Å². The van der Waals surface area contributed by atoms with Gasteiger partial charge in [-0.05, 0) is 53.8 Å². The average molecular weight is 480 g/mol. The number of benzene rings is 2. The summed E-state index contributed by atoms with van der Waals surface area (Å²) in [4.78, 5) is 28.3. The summed E-state index contributed by atoms with van der Waals surface area (Å²) in [7, 11) is -4.11. The van der Waals surface area contributed by atoms with Crippen molar-refractivity contribution in [2.45, 2.75) is 30.2 Å². The molecule has 9 nitrogen and oxygen atoms in total. The van der Waals surface area contributed by atoms with Crippen molar-refractivity contribution in [3.8, 4) is 11.6 Å². The number of pyridine rings is 1. The van der Waals surface area contributed by atoms with Gasteiger partial charge in [-0.2, -0.15) is 4.31 Å². The maximum absolute atomic E-state index is 13.4. The van der Waals surface area contributed by atoms with Crippen LogP contribution in [0.25, 0.3) is 0 Å². The SMILES string of the molecule is O=C1CCc2cc(Oc3ccc(S(=O)(=O)N4CCc5ccccc5C4C(=O)NO)cn3)ccc21. The van der Waals surface area contributed by atoms with Gasteiger partial charge in [0.05, 0.1) is 6.20 Å². The highest BCUT2D eigenvalue weighted by Crippen LogP contribution is 2.35. The molecule has 2 heterocycles. The van der Waals surface area contributed by atoms with Gasteiger partial charge in [-0.15, -0.1) is 0 Å². The van der Waals surface area contributed by atoms with Crippen molar-refractivity contribution in [2.75, 3.05) is 6.54 Å². The van der Waals surface area contributed by atoms with Crippen LogP contribution < -0.4 is 10.2 Å². The Bertz CT molecular complexity index is 1390. The van der Waals surface area contributed by atoms with E-state index < -0.39 is 22.0 Å². The first-order valence-electron chi connectivity index (χ1n) is 10.7. The van der Waals surface area contributed by atoms with E-state index in [0.717, 1.165) is 15.4 Å². The number of carbonyl (C=O) groups is 2. The number of ketones is 1. The van der Waals surface area contributed by atoms with Gasteiger partial charge in [0.2, 0.25) is 15.9 Å². The fraction of sp³-hybridized carbons (Fsp3) is 0.208. The maximum atomic E-state index is 13.4. The summed E-state index contributed by atoms with van der Waals surface area (Å²) in [6.07, 6.45) is 2.76. The van der Waals surface area contributed by atoms with Crippen LogP contribution in [0, 0.1) is 0 Å². The molecular formula is C24H21N3O6S. The van der Waals surface area contributed by atoms with Crippen molar-refractivity contribution in [3.63, 3.8) is 0 Å². The second-order valence-electron chi connectivity index (χ2n) is 8.12. The standard InChI is InChI=1S/C24H21N3O6S/c28-21-9-5-16-13-17(6-8-19(16)21)33-22-10-7-18(14-25-22)34(31,32)27-12-11-15-3-1-2-4-20(15)23(27)24(29)26-30/h1-4,6-8,10,13-14,23,30H,5,9,11-12H2,(H,26,29). The fourth-order valence-electron chi connectivity index (χ4n) is 4.47. The van der Waals surface area contributed by atoms with Gasteiger partial charge >= 0.3 is 0 Å². The highest BCUT2D eigenvalue weighted by atomic mass is 32.2. The summed E-state index contributed by atoms with van der Waals surface area (Å²) in [6.45, 7) is 0.0729. The topological polar surface area (TPSA) is 126 Å². The van der Waals surface area contributed by atoms with Gasteiger partial charge < -0.3 is 4.74 Å². The van der Waals surface area contributed by atoms with Gasteiger partial charge in [-0.1, -0.05) is 24.3 Å². The molecule has 1 atom stereocenters. The minimum Gasteiger partial charge on any atom is -0.439 e. The van der Waals surface area contributed by atoms with Crippen molar-refractivity contribution in [3.05, 3.63) is 83.0 Å². The molecule has 5 rings (SSSR count). The Hall–Kier alpha value is -3.60. The van der Waals surface area contributed by atoms with Crippen LogP contribution in [-0.2, 0) is 27.7 Å². The third-order valence-corrected chi connectivity index (χ3v) is 7.98. The van der Waals surface area contributed by atoms with E-state index in [1.54, 1.807) is 35.8 Å². The van der Waals surface area contributed by atoms with Crippen LogP contribution in [0.5, 0.6) is 11.6 Å². The van der Waals surface area contributed by atoms with Crippen LogP contribution in [0.4, 0.5) is 0 Å². The zero-order chi connectivity index (χ0) is 23.9. The lowest BCUT2D eigenvalue weighted by Gasteiger charge is -2.34. The van der Waals surface area contributed by atoms with E-state index in [4.69, 9.17) is 4.74 Å². The zero-order valence-electron chi connectivity index (χ0n) is 18.0. The Morgan fingerprint density at radius 3 is 2.65 bits per heavy atom. The molecule has 1 aliphatic heterocycles. The number of carbonyl (C=O) groups excluding carboxylic acids is 2. The third kappa shape index (κ3) is 3.85. The van der Waals surface area contributed by atoms with Crippen LogP contribution in [0.1, 0.15) is 39.5 Å². The molecule has 2 aliphatic rings. The van der Waals surface area contributed by atoms with Gasteiger partial charge in [0.25, 0.3) is 5.91 Å². The number of fused-ring (bicyclic) bond motifs is 2. The normalized spacial score (nSPS) is 17.7. The fourth-order valence-corrected chi connectivity index (χ4v) is 5.98. The van der Waals surface area contributed by atoms with Crippen molar-refractivity contribution >= 4 is 21.7 Å². The molecule has 174 valence electrons. The molecule has 3 aromatic rings. The van der Waals surface area contributed by atoms with Gasteiger partial charge in [-0.25, -0.2) is 18.9 Å². The van der Waals surface area contributed by atoms with Crippen molar-refractivity contribution < 1.29 is 28.0 Å². The average Bonchev–Trinajstić information content (AvgIpc) is 3.23. The highest BCUT2D eigenvalue weighted by Gasteiger charge is 2.40. The van der Waals surface area contributed by atoms with Gasteiger partial charge in [0, 0.05) is 24.6 Å². The molecule has 0 bridgehead atoms. The van der Waals surface area contributed by atoms with Crippen LogP contribution >= 0.6 is 0 Å². The van der Waals surface area contributed by atoms with E-state index in [9.17, 15) is 23.2 Å². The first-order valence-corrected chi connectivity index (χ1v) is 12.2. The number of sulfonamides is 1. The van der Waals surface area contributed by atoms with Crippen LogP contribution in [-0.4, -0.2) is 41.1 Å². The van der Waals surface area contributed by atoms with Gasteiger partial charge in [0.1, 0.15) is 16.7 Å². The lowest BCUT2D eigenvalue weighted by Crippen LogP contribution is -2.46. The summed E-state index contributed by atoms with van der Waals surface area (Å²) in [6, 6.07) is 13.8. The highest BCUT2D eigenvalue weighted by molar-refractivity contribution is 7.89. The molecular weight excluding hydrogens is 458 g/mol. The number of amides is 1. The number of nitrogens with one attached hydrogen (secondary N) is 1. The predicted molar refractivity (Wildman–Crippen MR) is 120 cm³/mol. The summed E-state index contributed by atoms with van der Waals surface area (Å²) in [5, 5.41) is 9.25. The molecule has 10 heteroatoms. The number of aryl methyl sites for hydroxylation is 1. The first kappa shape index (κ1) is 22.2. The van der Waals surface area contributed by atoms with Gasteiger partial charge in [0.15, 0.2) is 5.78 Å². The molecule has 34 heavy (non-hydrogen) atoms. The van der Waals surface area contributed by atoms with Crippen LogP contribution in [0.15, 0.2) is 65.7 Å². The number of aromatic nitrogens is 1. The molecule has 0 saturated carbocycles. The molecule has 0 radical (unpaired) electrons. The Morgan fingerprint density at radius 2 is 1.88 bits per heavy atom. The van der Waals surface area contributed by atoms with Crippen LogP contribution in [0.3, 0.4) is 0 Å². The number of hydrogen-bond acceptors (Lipinski definition) is 7. The van der Waals surface area contributed by atoms with Crippen molar-refractivity contribution in [1.82, 2.24) is 14.8 Å². The number of hydroxylamine groups is 1. The van der Waals surface area contributed by atoms with Crippen molar-refractivity contribution in [1.29, 1.82) is 0 Å². The monoisotopic (exact) mass is 479 g/mol. The molecule has 0 saturated heterocycles. The molecule has 1 amide bonds.